The lowest BCUT2D eigenvalue weighted by molar-refractivity contribution is -0.143. The van der Waals surface area contributed by atoms with Crippen LogP contribution in [0.3, 0.4) is 0 Å². The molecule has 0 radical (unpaired) electrons. The van der Waals surface area contributed by atoms with Gasteiger partial charge in [0.1, 0.15) is 12.4 Å². The summed E-state index contributed by atoms with van der Waals surface area (Å²) in [4.78, 5) is 40.9. The number of H-pyrrole nitrogens is 1. The lowest BCUT2D eigenvalue weighted by atomic mass is 10.1. The highest BCUT2D eigenvalue weighted by molar-refractivity contribution is 7.57. The summed E-state index contributed by atoms with van der Waals surface area (Å²) < 4.78 is 30.2. The molecule has 1 aromatic heterocycles. The first-order chi connectivity index (χ1) is 19.7. The average Bonchev–Trinajstić information content (AvgIpc) is 3.37. The van der Waals surface area contributed by atoms with Crippen molar-refractivity contribution in [1.29, 1.82) is 0 Å². The van der Waals surface area contributed by atoms with Crippen LogP contribution in [0.15, 0.2) is 60.8 Å². The number of ether oxygens (including phenoxy) is 2. The SMILES string of the molecule is CCOC(=O)CCNC(=O)[C@@H](NP(=O)(OC)C(Cc1c[nH]c2ccccc12)NC(=O)OCc1ccccc1)C(C)C. The number of amides is 2. The van der Waals surface area contributed by atoms with Crippen LogP contribution in [0.4, 0.5) is 4.79 Å². The maximum atomic E-state index is 14.4. The molecule has 2 unspecified atom stereocenters. The van der Waals surface area contributed by atoms with Gasteiger partial charge in [-0.25, -0.2) is 9.88 Å². The Bertz CT molecular complexity index is 1350. The van der Waals surface area contributed by atoms with E-state index in [2.05, 4.69) is 20.7 Å². The summed E-state index contributed by atoms with van der Waals surface area (Å²) in [7, 11) is -2.67. The Morgan fingerprint density at radius 2 is 1.71 bits per heavy atom. The molecule has 0 saturated carbocycles. The maximum absolute atomic E-state index is 14.4. The summed E-state index contributed by atoms with van der Waals surface area (Å²) in [5.74, 6) is -2.27. The van der Waals surface area contributed by atoms with Crippen molar-refractivity contribution in [3.05, 3.63) is 71.9 Å². The molecular formula is C29H39N4O7P. The van der Waals surface area contributed by atoms with Gasteiger partial charge in [0, 0.05) is 37.2 Å². The summed E-state index contributed by atoms with van der Waals surface area (Å²) >= 11 is 0. The molecule has 0 aliphatic carbocycles. The van der Waals surface area contributed by atoms with E-state index in [1.54, 1.807) is 27.0 Å². The zero-order valence-corrected chi connectivity index (χ0v) is 24.7. The first-order valence-electron chi connectivity index (χ1n) is 13.6. The Morgan fingerprint density at radius 1 is 1.00 bits per heavy atom. The summed E-state index contributed by atoms with van der Waals surface area (Å²) in [6.07, 6.45) is 1.14. The standard InChI is InChI=1S/C29H39N4O7P/c1-5-39-26(34)15-16-30-28(35)27(20(2)3)33-41(37,38-4)25(17-22-18-31-24-14-10-9-13-23(22)24)32-29(36)40-19-21-11-7-6-8-12-21/h6-14,18,20,25,27,31H,5,15-17,19H2,1-4H3,(H,30,35)(H,32,36)(H,33,37)/t25?,27-,41?/m0/s1. The Hall–Kier alpha value is -3.66. The Labute approximate surface area is 240 Å². The molecule has 0 aliphatic rings. The normalized spacial score (nSPS) is 14.2. The van der Waals surface area contributed by atoms with E-state index < -0.39 is 37.3 Å². The van der Waals surface area contributed by atoms with E-state index in [4.69, 9.17) is 14.0 Å². The fourth-order valence-corrected chi connectivity index (χ4v) is 6.33. The quantitative estimate of drug-likeness (QED) is 0.150. The fraction of sp³-hybridized carbons (Fsp3) is 0.414. The van der Waals surface area contributed by atoms with E-state index >= 15 is 0 Å². The van der Waals surface area contributed by atoms with E-state index in [-0.39, 0.29) is 38.5 Å². The van der Waals surface area contributed by atoms with Crippen molar-refractivity contribution in [2.45, 2.75) is 52.0 Å². The van der Waals surface area contributed by atoms with Crippen molar-refractivity contribution in [2.75, 3.05) is 20.3 Å². The van der Waals surface area contributed by atoms with Crippen LogP contribution >= 0.6 is 7.52 Å². The van der Waals surface area contributed by atoms with Crippen LogP contribution in [0, 0.1) is 5.92 Å². The number of carbonyl (C=O) groups is 3. The monoisotopic (exact) mass is 586 g/mol. The van der Waals surface area contributed by atoms with Crippen LogP contribution in [0.25, 0.3) is 10.9 Å². The predicted octanol–water partition coefficient (Wildman–Crippen LogP) is 4.49. The van der Waals surface area contributed by atoms with Crippen LogP contribution in [-0.2, 0) is 41.2 Å². The van der Waals surface area contributed by atoms with Crippen molar-refractivity contribution >= 4 is 36.4 Å². The second kappa shape index (κ2) is 15.4. The summed E-state index contributed by atoms with van der Waals surface area (Å²) in [6.45, 7) is 5.61. The van der Waals surface area contributed by atoms with Gasteiger partial charge in [0.25, 0.3) is 7.52 Å². The zero-order chi connectivity index (χ0) is 29.8. The first kappa shape index (κ1) is 31.9. The van der Waals surface area contributed by atoms with Gasteiger partial charge in [-0.15, -0.1) is 0 Å². The lowest BCUT2D eigenvalue weighted by Crippen LogP contribution is -2.50. The van der Waals surface area contributed by atoms with E-state index in [0.717, 1.165) is 22.0 Å². The molecule has 2 aromatic carbocycles. The van der Waals surface area contributed by atoms with Crippen molar-refractivity contribution in [2.24, 2.45) is 5.92 Å². The van der Waals surface area contributed by atoms with E-state index in [9.17, 15) is 18.9 Å². The van der Waals surface area contributed by atoms with Gasteiger partial charge in [0.05, 0.1) is 19.1 Å². The summed E-state index contributed by atoms with van der Waals surface area (Å²) in [6, 6.07) is 15.9. The van der Waals surface area contributed by atoms with Crippen LogP contribution in [-0.4, -0.2) is 55.0 Å². The topological polar surface area (TPSA) is 148 Å². The van der Waals surface area contributed by atoms with Gasteiger partial charge in [-0.1, -0.05) is 62.4 Å². The first-order valence-corrected chi connectivity index (χ1v) is 15.2. The number of rotatable bonds is 15. The third kappa shape index (κ3) is 9.18. The van der Waals surface area contributed by atoms with Crippen molar-refractivity contribution in [3.8, 4) is 0 Å². The molecule has 1 heterocycles. The number of para-hydroxylation sites is 1. The molecule has 3 atom stereocenters. The maximum Gasteiger partial charge on any atom is 0.408 e. The number of carbonyl (C=O) groups excluding carboxylic acids is 3. The van der Waals surface area contributed by atoms with Crippen molar-refractivity contribution in [1.82, 2.24) is 20.7 Å². The minimum absolute atomic E-state index is 0.00430. The molecule has 41 heavy (non-hydrogen) atoms. The third-order valence-electron chi connectivity index (χ3n) is 6.47. The molecule has 2 amide bonds. The summed E-state index contributed by atoms with van der Waals surface area (Å²) in [5, 5.41) is 9.22. The molecule has 12 heteroatoms. The number of esters is 1. The largest absolute Gasteiger partial charge is 0.466 e. The Kier molecular flexibility index (Phi) is 11.9. The minimum atomic E-state index is -3.93. The van der Waals surface area contributed by atoms with Crippen molar-refractivity contribution in [3.63, 3.8) is 0 Å². The molecule has 0 spiro atoms. The number of fused-ring (bicyclic) bond motifs is 1. The summed E-state index contributed by atoms with van der Waals surface area (Å²) in [5.41, 5.74) is 2.48. The molecule has 3 rings (SSSR count). The van der Waals surface area contributed by atoms with Gasteiger partial charge in [-0.05, 0) is 30.0 Å². The number of nitrogens with one attached hydrogen (secondary N) is 4. The smallest absolute Gasteiger partial charge is 0.408 e. The second-order valence-electron chi connectivity index (χ2n) is 9.76. The Morgan fingerprint density at radius 3 is 2.39 bits per heavy atom. The van der Waals surface area contributed by atoms with E-state index in [0.29, 0.717) is 0 Å². The van der Waals surface area contributed by atoms with Crippen LogP contribution in [0.2, 0.25) is 0 Å². The van der Waals surface area contributed by atoms with Crippen LogP contribution < -0.4 is 15.7 Å². The highest BCUT2D eigenvalue weighted by atomic mass is 31.2. The number of hydrogen-bond donors (Lipinski definition) is 4. The second-order valence-corrected chi connectivity index (χ2v) is 12.2. The predicted molar refractivity (Wildman–Crippen MR) is 156 cm³/mol. The van der Waals surface area contributed by atoms with Crippen LogP contribution in [0.5, 0.6) is 0 Å². The van der Waals surface area contributed by atoms with Gasteiger partial charge >= 0.3 is 12.1 Å². The molecule has 4 N–H and O–H groups in total. The Balaban J connectivity index is 1.81. The number of aromatic amines is 1. The molecular weight excluding hydrogens is 547 g/mol. The van der Waals surface area contributed by atoms with Crippen molar-refractivity contribution < 1.29 is 32.9 Å². The van der Waals surface area contributed by atoms with Gasteiger partial charge in [-0.3, -0.25) is 14.2 Å². The zero-order valence-electron chi connectivity index (χ0n) is 23.8. The van der Waals surface area contributed by atoms with E-state index in [1.807, 2.05) is 54.6 Å². The van der Waals surface area contributed by atoms with Gasteiger partial charge in [-0.2, -0.15) is 0 Å². The third-order valence-corrected chi connectivity index (χ3v) is 8.78. The molecule has 0 saturated heterocycles. The molecule has 0 fully saturated rings. The number of alkyl carbamates (subject to hydrolysis) is 1. The highest BCUT2D eigenvalue weighted by Gasteiger charge is 2.40. The van der Waals surface area contributed by atoms with Gasteiger partial charge < -0.3 is 29.6 Å². The minimum Gasteiger partial charge on any atom is -0.466 e. The molecule has 0 bridgehead atoms. The molecule has 11 nitrogen and oxygen atoms in total. The number of hydrogen-bond acceptors (Lipinski definition) is 7. The number of aromatic nitrogens is 1. The average molecular weight is 587 g/mol. The van der Waals surface area contributed by atoms with Gasteiger partial charge in [0.15, 0.2) is 0 Å². The lowest BCUT2D eigenvalue weighted by Gasteiger charge is -2.32. The fourth-order valence-electron chi connectivity index (χ4n) is 4.27. The van der Waals surface area contributed by atoms with Gasteiger partial charge in [0.2, 0.25) is 5.91 Å². The molecule has 3 aromatic rings. The molecule has 222 valence electrons. The molecule has 0 aliphatic heterocycles. The van der Waals surface area contributed by atoms with E-state index in [1.165, 1.54) is 7.11 Å². The van der Waals surface area contributed by atoms with Crippen LogP contribution in [0.1, 0.15) is 38.3 Å². The highest BCUT2D eigenvalue weighted by Crippen LogP contribution is 2.48. The number of benzene rings is 2.